The maximum atomic E-state index is 12.6. The van der Waals surface area contributed by atoms with E-state index in [1.54, 1.807) is 13.0 Å². The van der Waals surface area contributed by atoms with Gasteiger partial charge in [0.05, 0.1) is 7.11 Å². The summed E-state index contributed by atoms with van der Waals surface area (Å²) in [5.74, 6) is 6.00. The van der Waals surface area contributed by atoms with E-state index < -0.39 is 5.41 Å². The summed E-state index contributed by atoms with van der Waals surface area (Å²) in [6, 6.07) is 0. The molecule has 5 nitrogen and oxygen atoms in total. The van der Waals surface area contributed by atoms with Crippen LogP contribution in [-0.4, -0.2) is 30.9 Å². The van der Waals surface area contributed by atoms with E-state index in [2.05, 4.69) is 16.6 Å². The first kappa shape index (κ1) is 25.9. The molecule has 1 fully saturated rings. The van der Waals surface area contributed by atoms with E-state index in [1.165, 1.54) is 14.0 Å². The van der Waals surface area contributed by atoms with Crippen molar-refractivity contribution in [1.29, 1.82) is 0 Å². The molecule has 30 heavy (non-hydrogen) atoms. The fraction of sp³-hybridized carbons (Fsp3) is 0.720. The van der Waals surface area contributed by atoms with Crippen molar-refractivity contribution < 1.29 is 23.9 Å². The van der Waals surface area contributed by atoms with Gasteiger partial charge in [0.2, 0.25) is 0 Å². The molecule has 0 spiro atoms. The minimum atomic E-state index is -0.497. The van der Waals surface area contributed by atoms with Gasteiger partial charge in [-0.3, -0.25) is 14.4 Å². The lowest BCUT2D eigenvalue weighted by atomic mass is 9.83. The summed E-state index contributed by atoms with van der Waals surface area (Å²) in [6.07, 6.45) is 11.2. The molecule has 0 bridgehead atoms. The van der Waals surface area contributed by atoms with Crippen molar-refractivity contribution in [3.8, 4) is 11.8 Å². The fourth-order valence-electron chi connectivity index (χ4n) is 4.00. The monoisotopic (exact) mass is 418 g/mol. The molecule has 3 atom stereocenters. The van der Waals surface area contributed by atoms with Crippen LogP contribution in [0, 0.1) is 29.1 Å². The molecule has 0 aromatic heterocycles. The second-order valence-electron chi connectivity index (χ2n) is 8.79. The van der Waals surface area contributed by atoms with Crippen LogP contribution in [0.5, 0.6) is 0 Å². The number of carbonyl (C=O) groups is 3. The second-order valence-corrected chi connectivity index (χ2v) is 8.79. The molecule has 0 radical (unpaired) electrons. The smallest absolute Gasteiger partial charge is 0.305 e. The first-order valence-electron chi connectivity index (χ1n) is 11.1. The Balaban J connectivity index is 2.64. The van der Waals surface area contributed by atoms with Gasteiger partial charge in [0, 0.05) is 31.1 Å². The number of ether oxygens (including phenoxy) is 2. The average Bonchev–Trinajstić information content (AvgIpc) is 3.07. The number of carbonyl (C=O) groups excluding carboxylic acids is 3. The molecule has 1 aliphatic carbocycles. The van der Waals surface area contributed by atoms with E-state index in [4.69, 9.17) is 4.74 Å². The number of hydrogen-bond donors (Lipinski definition) is 0. The van der Waals surface area contributed by atoms with Gasteiger partial charge < -0.3 is 9.47 Å². The van der Waals surface area contributed by atoms with Crippen molar-refractivity contribution in [2.45, 2.75) is 91.6 Å². The van der Waals surface area contributed by atoms with Crippen molar-refractivity contribution in [2.24, 2.45) is 17.3 Å². The average molecular weight is 419 g/mol. The molecule has 1 rings (SSSR count). The Labute approximate surface area is 182 Å². The number of esters is 2. The summed E-state index contributed by atoms with van der Waals surface area (Å²) in [6.45, 7) is 7.08. The summed E-state index contributed by atoms with van der Waals surface area (Å²) in [5, 5.41) is 0. The number of ketones is 1. The van der Waals surface area contributed by atoms with Crippen LogP contribution in [0.2, 0.25) is 0 Å². The molecule has 1 aliphatic rings. The van der Waals surface area contributed by atoms with Gasteiger partial charge in [-0.25, -0.2) is 0 Å². The highest BCUT2D eigenvalue weighted by molar-refractivity contribution is 5.94. The second kappa shape index (κ2) is 13.3. The first-order chi connectivity index (χ1) is 14.2. The molecule has 0 unspecified atom stereocenters. The van der Waals surface area contributed by atoms with Crippen LogP contribution in [0.15, 0.2) is 12.2 Å². The van der Waals surface area contributed by atoms with E-state index >= 15 is 0 Å². The summed E-state index contributed by atoms with van der Waals surface area (Å²) >= 11 is 0. The molecule has 1 saturated carbocycles. The van der Waals surface area contributed by atoms with Crippen LogP contribution in [0.25, 0.3) is 0 Å². The van der Waals surface area contributed by atoms with Gasteiger partial charge in [0.15, 0.2) is 5.78 Å². The Morgan fingerprint density at radius 1 is 1.10 bits per heavy atom. The minimum Gasteiger partial charge on any atom is -0.469 e. The van der Waals surface area contributed by atoms with Crippen LogP contribution >= 0.6 is 0 Å². The number of allylic oxidation sites excluding steroid dienone is 2. The predicted octanol–water partition coefficient (Wildman–Crippen LogP) is 5.02. The largest absolute Gasteiger partial charge is 0.469 e. The molecule has 0 aromatic rings. The van der Waals surface area contributed by atoms with Crippen molar-refractivity contribution in [3.05, 3.63) is 12.2 Å². The molecule has 0 saturated heterocycles. The molecule has 0 amide bonds. The highest BCUT2D eigenvalue weighted by atomic mass is 16.5. The highest BCUT2D eigenvalue weighted by Crippen LogP contribution is 2.39. The summed E-state index contributed by atoms with van der Waals surface area (Å²) in [7, 11) is 1.41. The molecular formula is C25H38O5. The van der Waals surface area contributed by atoms with Crippen molar-refractivity contribution in [2.75, 3.05) is 7.11 Å². The standard InChI is InChI=1S/C25H38O5/c1-6-7-18-25(3,4)23(27)17-15-20-14-16-22(30-19(2)26)21(20)12-10-8-9-11-13-24(28)29-5/h15,17,20-22H,8-14,16,18H2,1-5H3/b17-15+/t20-,21-,22+/m1/s1. The summed E-state index contributed by atoms with van der Waals surface area (Å²) < 4.78 is 10.2. The Hall–Kier alpha value is -2.09. The zero-order chi connectivity index (χ0) is 22.6. The van der Waals surface area contributed by atoms with Crippen molar-refractivity contribution >= 4 is 17.7 Å². The molecule has 0 aliphatic heterocycles. The molecule has 168 valence electrons. The van der Waals surface area contributed by atoms with Crippen LogP contribution in [0.1, 0.15) is 85.5 Å². The van der Waals surface area contributed by atoms with Crippen molar-refractivity contribution in [3.63, 3.8) is 0 Å². The quantitative estimate of drug-likeness (QED) is 0.193. The van der Waals surface area contributed by atoms with Gasteiger partial charge in [-0.15, -0.1) is 11.8 Å². The maximum absolute atomic E-state index is 12.6. The SMILES string of the molecule is CC#CCC(C)(C)C(=O)/C=C/[C@H]1CC[C@H](OC(C)=O)[C@@H]1CCCCCCC(=O)OC. The van der Waals surface area contributed by atoms with Crippen LogP contribution in [0.3, 0.4) is 0 Å². The van der Waals surface area contributed by atoms with Crippen LogP contribution in [-0.2, 0) is 23.9 Å². The first-order valence-corrected chi connectivity index (χ1v) is 11.1. The third-order valence-corrected chi connectivity index (χ3v) is 5.89. The minimum absolute atomic E-state index is 0.0821. The normalized spacial score (nSPS) is 21.2. The molecular weight excluding hydrogens is 380 g/mol. The lowest BCUT2D eigenvalue weighted by Gasteiger charge is -2.23. The summed E-state index contributed by atoms with van der Waals surface area (Å²) in [5.41, 5.74) is -0.497. The predicted molar refractivity (Wildman–Crippen MR) is 117 cm³/mol. The van der Waals surface area contributed by atoms with E-state index in [1.807, 2.05) is 19.9 Å². The van der Waals surface area contributed by atoms with Gasteiger partial charge in [-0.1, -0.05) is 39.2 Å². The lowest BCUT2D eigenvalue weighted by molar-refractivity contribution is -0.148. The van der Waals surface area contributed by atoms with Crippen LogP contribution < -0.4 is 0 Å². The third-order valence-electron chi connectivity index (χ3n) is 5.89. The van der Waals surface area contributed by atoms with E-state index in [0.29, 0.717) is 12.8 Å². The Bertz CT molecular complexity index is 665. The lowest BCUT2D eigenvalue weighted by Crippen LogP contribution is -2.25. The Morgan fingerprint density at radius 3 is 2.43 bits per heavy atom. The van der Waals surface area contributed by atoms with Gasteiger partial charge in [0.25, 0.3) is 0 Å². The topological polar surface area (TPSA) is 69.7 Å². The number of rotatable bonds is 12. The Kier molecular flexibility index (Phi) is 11.5. The fourth-order valence-corrected chi connectivity index (χ4v) is 4.00. The molecule has 0 N–H and O–H groups in total. The van der Waals surface area contributed by atoms with Gasteiger partial charge in [-0.05, 0) is 44.6 Å². The number of unbranched alkanes of at least 4 members (excludes halogenated alkanes) is 3. The zero-order valence-corrected chi connectivity index (χ0v) is 19.3. The van der Waals surface area contributed by atoms with E-state index in [0.717, 1.165) is 44.9 Å². The molecule has 5 heteroatoms. The third kappa shape index (κ3) is 9.15. The van der Waals surface area contributed by atoms with E-state index in [9.17, 15) is 14.4 Å². The zero-order valence-electron chi connectivity index (χ0n) is 19.3. The number of hydrogen-bond acceptors (Lipinski definition) is 5. The van der Waals surface area contributed by atoms with Gasteiger partial charge in [-0.2, -0.15) is 0 Å². The highest BCUT2D eigenvalue weighted by Gasteiger charge is 2.36. The van der Waals surface area contributed by atoms with Crippen LogP contribution in [0.4, 0.5) is 0 Å². The van der Waals surface area contributed by atoms with Gasteiger partial charge >= 0.3 is 11.9 Å². The summed E-state index contributed by atoms with van der Waals surface area (Å²) in [4.78, 5) is 35.3. The van der Waals surface area contributed by atoms with E-state index in [-0.39, 0.29) is 35.7 Å². The van der Waals surface area contributed by atoms with Gasteiger partial charge in [0.1, 0.15) is 6.10 Å². The molecule has 0 heterocycles. The number of methoxy groups -OCH3 is 1. The molecule has 0 aromatic carbocycles. The van der Waals surface area contributed by atoms with Crippen molar-refractivity contribution in [1.82, 2.24) is 0 Å². The Morgan fingerprint density at radius 2 is 1.80 bits per heavy atom. The maximum Gasteiger partial charge on any atom is 0.305 e.